The van der Waals surface area contributed by atoms with E-state index < -0.39 is 0 Å². The van der Waals surface area contributed by atoms with Crippen molar-refractivity contribution in [3.05, 3.63) is 34.3 Å². The van der Waals surface area contributed by atoms with Gasteiger partial charge in [0, 0.05) is 24.4 Å². The SMILES string of the molecule is Cc1cn2c(C3CCOC3C)ncc2c(=O)[nH]1. The first-order valence-electron chi connectivity index (χ1n) is 5.85. The van der Waals surface area contributed by atoms with E-state index in [0.29, 0.717) is 5.52 Å². The smallest absolute Gasteiger partial charge is 0.274 e. The molecule has 1 aliphatic heterocycles. The summed E-state index contributed by atoms with van der Waals surface area (Å²) in [7, 11) is 0. The molecule has 1 N–H and O–H groups in total. The van der Waals surface area contributed by atoms with Crippen LogP contribution in [0.3, 0.4) is 0 Å². The Kier molecular flexibility index (Phi) is 2.29. The van der Waals surface area contributed by atoms with Gasteiger partial charge in [-0.3, -0.25) is 9.20 Å². The van der Waals surface area contributed by atoms with Gasteiger partial charge in [0.2, 0.25) is 0 Å². The average Bonchev–Trinajstić information content (AvgIpc) is 2.84. The molecule has 0 aliphatic carbocycles. The van der Waals surface area contributed by atoms with E-state index in [0.717, 1.165) is 24.5 Å². The molecule has 5 nitrogen and oxygen atoms in total. The monoisotopic (exact) mass is 233 g/mol. The lowest BCUT2D eigenvalue weighted by atomic mass is 10.0. The fourth-order valence-electron chi connectivity index (χ4n) is 2.49. The number of hydrogen-bond donors (Lipinski definition) is 1. The first-order valence-corrected chi connectivity index (χ1v) is 5.85. The summed E-state index contributed by atoms with van der Waals surface area (Å²) < 4.78 is 7.45. The van der Waals surface area contributed by atoms with Gasteiger partial charge in [-0.05, 0) is 20.3 Å². The highest BCUT2D eigenvalue weighted by Gasteiger charge is 2.29. The minimum absolute atomic E-state index is 0.0877. The molecule has 0 aromatic carbocycles. The fourth-order valence-corrected chi connectivity index (χ4v) is 2.49. The zero-order valence-corrected chi connectivity index (χ0v) is 9.93. The standard InChI is InChI=1S/C12H15N3O2/c1-7-6-15-10(12(16)14-7)5-13-11(15)9-3-4-17-8(9)2/h5-6,8-9H,3-4H2,1-2H3,(H,14,16). The Hall–Kier alpha value is -1.62. The first kappa shape index (κ1) is 10.5. The molecule has 0 spiro atoms. The van der Waals surface area contributed by atoms with Gasteiger partial charge >= 0.3 is 0 Å². The third-order valence-electron chi connectivity index (χ3n) is 3.40. The maximum Gasteiger partial charge on any atom is 0.274 e. The van der Waals surface area contributed by atoms with Crippen molar-refractivity contribution in [1.82, 2.24) is 14.4 Å². The number of nitrogens with zero attached hydrogens (tertiary/aromatic N) is 2. The molecule has 0 bridgehead atoms. The zero-order chi connectivity index (χ0) is 12.0. The summed E-state index contributed by atoms with van der Waals surface area (Å²) in [6, 6.07) is 0. The molecule has 2 atom stereocenters. The second kappa shape index (κ2) is 3.70. The van der Waals surface area contributed by atoms with Crippen molar-refractivity contribution in [1.29, 1.82) is 0 Å². The average molecular weight is 233 g/mol. The Bertz CT molecular complexity index is 614. The minimum atomic E-state index is -0.0877. The van der Waals surface area contributed by atoms with Crippen LogP contribution in [0.2, 0.25) is 0 Å². The van der Waals surface area contributed by atoms with E-state index in [2.05, 4.69) is 16.9 Å². The molecule has 17 heavy (non-hydrogen) atoms. The first-order chi connectivity index (χ1) is 8.16. The normalized spacial score (nSPS) is 24.6. The van der Waals surface area contributed by atoms with E-state index in [-0.39, 0.29) is 17.6 Å². The van der Waals surface area contributed by atoms with Gasteiger partial charge in [0.05, 0.1) is 12.3 Å². The number of hydrogen-bond acceptors (Lipinski definition) is 3. The summed E-state index contributed by atoms with van der Waals surface area (Å²) in [5, 5.41) is 0. The summed E-state index contributed by atoms with van der Waals surface area (Å²) in [6.45, 7) is 4.70. The molecular formula is C12H15N3O2. The van der Waals surface area contributed by atoms with E-state index in [1.165, 1.54) is 0 Å². The molecule has 1 saturated heterocycles. The zero-order valence-electron chi connectivity index (χ0n) is 9.93. The van der Waals surface area contributed by atoms with Crippen molar-refractivity contribution in [2.45, 2.75) is 32.3 Å². The second-order valence-corrected chi connectivity index (χ2v) is 4.61. The Morgan fingerprint density at radius 1 is 1.59 bits per heavy atom. The van der Waals surface area contributed by atoms with E-state index in [9.17, 15) is 4.79 Å². The molecule has 2 aromatic rings. The third-order valence-corrected chi connectivity index (χ3v) is 3.40. The van der Waals surface area contributed by atoms with Crippen molar-refractivity contribution in [3.8, 4) is 0 Å². The van der Waals surface area contributed by atoms with Crippen LogP contribution in [0.25, 0.3) is 5.52 Å². The molecule has 1 aliphatic rings. The van der Waals surface area contributed by atoms with E-state index >= 15 is 0 Å². The van der Waals surface area contributed by atoms with Gasteiger partial charge in [-0.1, -0.05) is 0 Å². The van der Waals surface area contributed by atoms with Crippen molar-refractivity contribution < 1.29 is 4.74 Å². The summed E-state index contributed by atoms with van der Waals surface area (Å²) in [5.74, 6) is 1.21. The number of fused-ring (bicyclic) bond motifs is 1. The van der Waals surface area contributed by atoms with Crippen LogP contribution in [0.1, 0.15) is 30.8 Å². The highest BCUT2D eigenvalue weighted by Crippen LogP contribution is 2.30. The fraction of sp³-hybridized carbons (Fsp3) is 0.500. The van der Waals surface area contributed by atoms with Crippen molar-refractivity contribution in [2.24, 2.45) is 0 Å². The van der Waals surface area contributed by atoms with Gasteiger partial charge < -0.3 is 9.72 Å². The number of imidazole rings is 1. The van der Waals surface area contributed by atoms with Crippen LogP contribution in [0.15, 0.2) is 17.2 Å². The number of rotatable bonds is 1. The number of nitrogens with one attached hydrogen (secondary N) is 1. The molecule has 0 saturated carbocycles. The molecule has 2 aromatic heterocycles. The van der Waals surface area contributed by atoms with Crippen molar-refractivity contribution >= 4 is 5.52 Å². The van der Waals surface area contributed by atoms with Crippen LogP contribution in [-0.2, 0) is 4.74 Å². The summed E-state index contributed by atoms with van der Waals surface area (Å²) in [4.78, 5) is 18.9. The van der Waals surface area contributed by atoms with E-state index in [1.807, 2.05) is 17.5 Å². The lowest BCUT2D eigenvalue weighted by Gasteiger charge is -2.12. The van der Waals surface area contributed by atoms with Crippen molar-refractivity contribution in [3.63, 3.8) is 0 Å². The van der Waals surface area contributed by atoms with E-state index in [1.54, 1.807) is 6.20 Å². The molecule has 0 amide bonds. The Morgan fingerprint density at radius 3 is 3.12 bits per heavy atom. The molecule has 2 unspecified atom stereocenters. The van der Waals surface area contributed by atoms with Crippen LogP contribution >= 0.6 is 0 Å². The van der Waals surface area contributed by atoms with Crippen LogP contribution < -0.4 is 5.56 Å². The highest BCUT2D eigenvalue weighted by atomic mass is 16.5. The minimum Gasteiger partial charge on any atom is -0.378 e. The second-order valence-electron chi connectivity index (χ2n) is 4.61. The molecule has 5 heteroatoms. The summed E-state index contributed by atoms with van der Waals surface area (Å²) in [5.41, 5.74) is 1.35. The summed E-state index contributed by atoms with van der Waals surface area (Å²) in [6.07, 6.45) is 4.69. The molecular weight excluding hydrogens is 218 g/mol. The molecule has 3 heterocycles. The predicted octanol–water partition coefficient (Wildman–Crippen LogP) is 1.22. The Morgan fingerprint density at radius 2 is 2.41 bits per heavy atom. The number of aromatic amines is 1. The third kappa shape index (κ3) is 1.58. The number of aryl methyl sites for hydroxylation is 1. The molecule has 1 fully saturated rings. The largest absolute Gasteiger partial charge is 0.378 e. The van der Waals surface area contributed by atoms with Crippen LogP contribution in [0.5, 0.6) is 0 Å². The maximum absolute atomic E-state index is 11.8. The van der Waals surface area contributed by atoms with Gasteiger partial charge in [-0.2, -0.15) is 0 Å². The predicted molar refractivity (Wildman–Crippen MR) is 63.3 cm³/mol. The highest BCUT2D eigenvalue weighted by molar-refractivity contribution is 5.44. The lowest BCUT2D eigenvalue weighted by Crippen LogP contribution is -2.16. The van der Waals surface area contributed by atoms with Gasteiger partial charge in [-0.25, -0.2) is 4.98 Å². The molecule has 3 rings (SSSR count). The van der Waals surface area contributed by atoms with Crippen LogP contribution in [0.4, 0.5) is 0 Å². The Balaban J connectivity index is 2.21. The van der Waals surface area contributed by atoms with Gasteiger partial charge in [0.1, 0.15) is 11.3 Å². The molecule has 90 valence electrons. The van der Waals surface area contributed by atoms with Gasteiger partial charge in [0.15, 0.2) is 0 Å². The Labute approximate surface area is 98.4 Å². The van der Waals surface area contributed by atoms with Gasteiger partial charge in [0.25, 0.3) is 5.56 Å². The topological polar surface area (TPSA) is 59.4 Å². The number of ether oxygens (including phenoxy) is 1. The van der Waals surface area contributed by atoms with Crippen LogP contribution in [-0.4, -0.2) is 27.1 Å². The maximum atomic E-state index is 11.8. The number of H-pyrrole nitrogens is 1. The number of aromatic nitrogens is 3. The van der Waals surface area contributed by atoms with E-state index in [4.69, 9.17) is 4.74 Å². The summed E-state index contributed by atoms with van der Waals surface area (Å²) >= 11 is 0. The quantitative estimate of drug-likeness (QED) is 0.805. The van der Waals surface area contributed by atoms with Crippen molar-refractivity contribution in [2.75, 3.05) is 6.61 Å². The molecule has 0 radical (unpaired) electrons. The van der Waals surface area contributed by atoms with Crippen LogP contribution in [0, 0.1) is 6.92 Å². The lowest BCUT2D eigenvalue weighted by molar-refractivity contribution is 0.117. The van der Waals surface area contributed by atoms with Gasteiger partial charge in [-0.15, -0.1) is 0 Å².